The predicted octanol–water partition coefficient (Wildman–Crippen LogP) is 6.03. The van der Waals surface area contributed by atoms with Gasteiger partial charge < -0.3 is 18.9 Å². The Morgan fingerprint density at radius 1 is 0.821 bits per heavy atom. The first-order valence-electron chi connectivity index (χ1n) is 9.84. The number of aryl methyl sites for hydroxylation is 1. The van der Waals surface area contributed by atoms with Crippen LogP contribution < -0.4 is 9.47 Å². The molecule has 0 spiro atoms. The minimum Gasteiger partial charge on any atom is -0.434 e. The lowest BCUT2D eigenvalue weighted by Gasteiger charge is -2.15. The van der Waals surface area contributed by atoms with Crippen LogP contribution in [0.3, 0.4) is 0 Å². The van der Waals surface area contributed by atoms with E-state index in [2.05, 4.69) is 0 Å². The quantitative estimate of drug-likeness (QED) is 0.296. The lowest BCUT2D eigenvalue weighted by atomic mass is 10.0. The van der Waals surface area contributed by atoms with Crippen LogP contribution >= 0.6 is 0 Å². The van der Waals surface area contributed by atoms with Gasteiger partial charge in [0, 0.05) is 10.8 Å². The molecule has 0 bridgehead atoms. The summed E-state index contributed by atoms with van der Waals surface area (Å²) < 4.78 is 21.1. The van der Waals surface area contributed by atoms with Crippen LogP contribution in [0.25, 0.3) is 10.8 Å². The molecule has 6 nitrogen and oxygen atoms in total. The number of benzene rings is 2. The summed E-state index contributed by atoms with van der Waals surface area (Å²) in [6.45, 7) is 6.60. The molecule has 0 aromatic heterocycles. The van der Waals surface area contributed by atoms with E-state index in [1.807, 2.05) is 39.0 Å². The Bertz CT molecular complexity index is 799. The van der Waals surface area contributed by atoms with E-state index < -0.39 is 12.3 Å². The standard InChI is InChI=1S/C22H28O6/c1-4-7-13-25-21(23)27-19-15-16(6-3)20(18-12-10-9-11-17(18)19)28-22(24)26-14-8-5-2/h9-12,15H,4-8,13-14H2,1-3H3. The fraction of sp³-hybridized carbons (Fsp3) is 0.455. The molecule has 0 saturated heterocycles. The normalized spacial score (nSPS) is 10.5. The summed E-state index contributed by atoms with van der Waals surface area (Å²) in [6.07, 6.45) is 2.53. The Kier molecular flexibility index (Phi) is 8.59. The molecule has 28 heavy (non-hydrogen) atoms. The fourth-order valence-corrected chi connectivity index (χ4v) is 2.67. The molecule has 152 valence electrons. The summed E-state index contributed by atoms with van der Waals surface area (Å²) in [4.78, 5) is 24.0. The topological polar surface area (TPSA) is 71.1 Å². The van der Waals surface area contributed by atoms with Crippen molar-refractivity contribution in [3.63, 3.8) is 0 Å². The third kappa shape index (κ3) is 5.87. The maximum atomic E-state index is 12.1. The molecule has 0 amide bonds. The van der Waals surface area contributed by atoms with Crippen molar-refractivity contribution >= 4 is 23.1 Å². The smallest absolute Gasteiger partial charge is 0.434 e. The van der Waals surface area contributed by atoms with Crippen molar-refractivity contribution in [2.75, 3.05) is 13.2 Å². The first kappa shape index (κ1) is 21.5. The highest BCUT2D eigenvalue weighted by atomic mass is 16.7. The Balaban J connectivity index is 2.29. The van der Waals surface area contributed by atoms with Crippen molar-refractivity contribution in [2.45, 2.75) is 52.9 Å². The average Bonchev–Trinajstić information content (AvgIpc) is 2.70. The highest BCUT2D eigenvalue weighted by Gasteiger charge is 2.19. The van der Waals surface area contributed by atoms with Crippen LogP contribution in [-0.4, -0.2) is 25.5 Å². The average molecular weight is 388 g/mol. The second kappa shape index (κ2) is 11.2. The molecule has 0 unspecified atom stereocenters. The number of hydrogen-bond donors (Lipinski definition) is 0. The van der Waals surface area contributed by atoms with Gasteiger partial charge in [-0.1, -0.05) is 57.9 Å². The van der Waals surface area contributed by atoms with Crippen molar-refractivity contribution in [1.82, 2.24) is 0 Å². The molecule has 0 N–H and O–H groups in total. The van der Waals surface area contributed by atoms with Gasteiger partial charge in [-0.25, -0.2) is 9.59 Å². The minimum atomic E-state index is -0.742. The summed E-state index contributed by atoms with van der Waals surface area (Å²) in [5, 5.41) is 1.33. The maximum absolute atomic E-state index is 12.1. The SMILES string of the molecule is CCCCOC(=O)Oc1cc(CC)c(OC(=O)OCCCC)c2ccccc12. The van der Waals surface area contributed by atoms with Crippen LogP contribution in [0, 0.1) is 0 Å². The summed E-state index contributed by atoms with van der Waals surface area (Å²) in [7, 11) is 0. The molecule has 2 aromatic carbocycles. The maximum Gasteiger partial charge on any atom is 0.513 e. The molecule has 0 saturated carbocycles. The number of hydrogen-bond acceptors (Lipinski definition) is 6. The molecule has 0 aliphatic rings. The van der Waals surface area contributed by atoms with Crippen LogP contribution in [0.4, 0.5) is 9.59 Å². The molecular weight excluding hydrogens is 360 g/mol. The molecule has 0 atom stereocenters. The van der Waals surface area contributed by atoms with Crippen molar-refractivity contribution in [3.8, 4) is 11.5 Å². The van der Waals surface area contributed by atoms with Gasteiger partial charge in [-0.3, -0.25) is 0 Å². The van der Waals surface area contributed by atoms with Crippen LogP contribution in [0.15, 0.2) is 30.3 Å². The van der Waals surface area contributed by atoms with E-state index in [0.717, 1.165) is 31.2 Å². The first-order chi connectivity index (χ1) is 13.6. The minimum absolute atomic E-state index is 0.318. The van der Waals surface area contributed by atoms with Gasteiger partial charge in [0.25, 0.3) is 0 Å². The summed E-state index contributed by atoms with van der Waals surface area (Å²) in [6, 6.07) is 8.99. The van der Waals surface area contributed by atoms with E-state index >= 15 is 0 Å². The second-order valence-corrected chi connectivity index (χ2v) is 6.37. The van der Waals surface area contributed by atoms with E-state index in [9.17, 15) is 9.59 Å². The molecular formula is C22H28O6. The van der Waals surface area contributed by atoms with Gasteiger partial charge in [-0.15, -0.1) is 0 Å². The largest absolute Gasteiger partial charge is 0.513 e. The van der Waals surface area contributed by atoms with E-state index in [1.165, 1.54) is 0 Å². The van der Waals surface area contributed by atoms with Crippen LogP contribution in [-0.2, 0) is 15.9 Å². The van der Waals surface area contributed by atoms with E-state index in [-0.39, 0.29) is 0 Å². The molecule has 2 rings (SSSR count). The fourth-order valence-electron chi connectivity index (χ4n) is 2.67. The summed E-state index contributed by atoms with van der Waals surface area (Å²) in [5.41, 5.74) is 0.738. The van der Waals surface area contributed by atoms with Crippen LogP contribution in [0.2, 0.25) is 0 Å². The van der Waals surface area contributed by atoms with E-state index in [4.69, 9.17) is 18.9 Å². The Morgan fingerprint density at radius 2 is 1.39 bits per heavy atom. The van der Waals surface area contributed by atoms with Gasteiger partial charge >= 0.3 is 12.3 Å². The van der Waals surface area contributed by atoms with E-state index in [0.29, 0.717) is 41.9 Å². The van der Waals surface area contributed by atoms with Gasteiger partial charge in [0.2, 0.25) is 0 Å². The molecule has 2 aromatic rings. The molecule has 0 aliphatic heterocycles. The highest BCUT2D eigenvalue weighted by Crippen LogP contribution is 2.37. The molecule has 0 fully saturated rings. The lowest BCUT2D eigenvalue weighted by Crippen LogP contribution is -2.14. The van der Waals surface area contributed by atoms with Crippen molar-refractivity contribution < 1.29 is 28.5 Å². The summed E-state index contributed by atoms with van der Waals surface area (Å²) >= 11 is 0. The number of carbonyl (C=O) groups excluding carboxylic acids is 2. The molecule has 0 radical (unpaired) electrons. The first-order valence-corrected chi connectivity index (χ1v) is 9.84. The van der Waals surface area contributed by atoms with Crippen LogP contribution in [0.1, 0.15) is 52.0 Å². The van der Waals surface area contributed by atoms with Gasteiger partial charge in [0.05, 0.1) is 13.2 Å². The van der Waals surface area contributed by atoms with Gasteiger partial charge in [-0.05, 0) is 30.9 Å². The van der Waals surface area contributed by atoms with Crippen LogP contribution in [0.5, 0.6) is 11.5 Å². The van der Waals surface area contributed by atoms with Crippen molar-refractivity contribution in [3.05, 3.63) is 35.9 Å². The lowest BCUT2D eigenvalue weighted by molar-refractivity contribution is 0.0960. The third-order valence-electron chi connectivity index (χ3n) is 4.23. The predicted molar refractivity (Wildman–Crippen MR) is 107 cm³/mol. The number of fused-ring (bicyclic) bond motifs is 1. The monoisotopic (exact) mass is 388 g/mol. The Labute approximate surface area is 165 Å². The molecule has 0 aliphatic carbocycles. The van der Waals surface area contributed by atoms with E-state index in [1.54, 1.807) is 12.1 Å². The molecule has 6 heteroatoms. The Morgan fingerprint density at radius 3 is 1.96 bits per heavy atom. The Hall–Kier alpha value is -2.76. The molecule has 0 heterocycles. The zero-order chi connectivity index (χ0) is 20.4. The third-order valence-corrected chi connectivity index (χ3v) is 4.23. The number of unbranched alkanes of at least 4 members (excludes halogenated alkanes) is 2. The number of rotatable bonds is 9. The van der Waals surface area contributed by atoms with Crippen molar-refractivity contribution in [2.24, 2.45) is 0 Å². The summed E-state index contributed by atoms with van der Waals surface area (Å²) in [5.74, 6) is 0.798. The zero-order valence-electron chi connectivity index (χ0n) is 16.8. The van der Waals surface area contributed by atoms with Gasteiger partial charge in [0.15, 0.2) is 0 Å². The number of carbonyl (C=O) groups is 2. The highest BCUT2D eigenvalue weighted by molar-refractivity contribution is 5.96. The number of ether oxygens (including phenoxy) is 4. The van der Waals surface area contributed by atoms with Crippen molar-refractivity contribution in [1.29, 1.82) is 0 Å². The second-order valence-electron chi connectivity index (χ2n) is 6.37. The van der Waals surface area contributed by atoms with Gasteiger partial charge in [-0.2, -0.15) is 0 Å². The zero-order valence-corrected chi connectivity index (χ0v) is 16.8. The van der Waals surface area contributed by atoms with Gasteiger partial charge in [0.1, 0.15) is 11.5 Å².